The Bertz CT molecular complexity index is 339. The largest absolute Gasteiger partial charge is 0.179 e. The van der Waals surface area contributed by atoms with Gasteiger partial charge in [0.1, 0.15) is 0 Å². The van der Waals surface area contributed by atoms with E-state index in [0.717, 1.165) is 11.5 Å². The van der Waals surface area contributed by atoms with E-state index in [1.165, 1.54) is 16.9 Å². The summed E-state index contributed by atoms with van der Waals surface area (Å²) in [6.07, 6.45) is 0. The van der Waals surface area contributed by atoms with Crippen LogP contribution in [-0.4, -0.2) is 11.5 Å². The van der Waals surface area contributed by atoms with Crippen LogP contribution in [-0.2, 0) is 5.75 Å². The van der Waals surface area contributed by atoms with Gasteiger partial charge in [0.2, 0.25) is 0 Å². The van der Waals surface area contributed by atoms with E-state index in [1.807, 2.05) is 11.8 Å². The second-order valence-corrected chi connectivity index (χ2v) is 7.08. The SMILES string of the molecule is Cc1ccccc1CSCC(CS)C(C)(C)C. The molecular formula is C15H24S2. The van der Waals surface area contributed by atoms with Crippen LogP contribution in [0.2, 0.25) is 0 Å². The minimum atomic E-state index is 0.362. The predicted octanol–water partition coefficient (Wildman–Crippen LogP) is 4.82. The fraction of sp³-hybridized carbons (Fsp3) is 0.600. The average molecular weight is 268 g/mol. The molecule has 1 rings (SSSR count). The van der Waals surface area contributed by atoms with E-state index in [1.54, 1.807) is 0 Å². The number of rotatable bonds is 5. The maximum atomic E-state index is 4.48. The Morgan fingerprint density at radius 3 is 2.41 bits per heavy atom. The molecule has 0 aliphatic heterocycles. The van der Waals surface area contributed by atoms with E-state index in [2.05, 4.69) is 64.6 Å². The molecule has 0 heterocycles. The third-order valence-electron chi connectivity index (χ3n) is 3.28. The van der Waals surface area contributed by atoms with Gasteiger partial charge in [0.15, 0.2) is 0 Å². The van der Waals surface area contributed by atoms with Crippen LogP contribution in [0.15, 0.2) is 24.3 Å². The lowest BCUT2D eigenvalue weighted by Gasteiger charge is -2.29. The number of benzene rings is 1. The molecule has 0 aliphatic rings. The minimum absolute atomic E-state index is 0.362. The molecule has 0 N–H and O–H groups in total. The van der Waals surface area contributed by atoms with Crippen molar-refractivity contribution in [1.82, 2.24) is 0 Å². The van der Waals surface area contributed by atoms with Crippen molar-refractivity contribution in [1.29, 1.82) is 0 Å². The lowest BCUT2D eigenvalue weighted by atomic mass is 9.83. The van der Waals surface area contributed by atoms with Gasteiger partial charge in [-0.1, -0.05) is 45.0 Å². The van der Waals surface area contributed by atoms with Crippen molar-refractivity contribution < 1.29 is 0 Å². The first-order valence-electron chi connectivity index (χ1n) is 6.18. The number of hydrogen-bond acceptors (Lipinski definition) is 2. The van der Waals surface area contributed by atoms with E-state index in [9.17, 15) is 0 Å². The van der Waals surface area contributed by atoms with Gasteiger partial charge in [-0.15, -0.1) is 0 Å². The molecule has 0 saturated carbocycles. The zero-order chi connectivity index (χ0) is 12.9. The van der Waals surface area contributed by atoms with Crippen LogP contribution in [0.25, 0.3) is 0 Å². The van der Waals surface area contributed by atoms with Gasteiger partial charge in [-0.3, -0.25) is 0 Å². The summed E-state index contributed by atoms with van der Waals surface area (Å²) in [6.45, 7) is 9.11. The third-order valence-corrected chi connectivity index (χ3v) is 4.88. The van der Waals surface area contributed by atoms with Crippen molar-refractivity contribution in [2.24, 2.45) is 11.3 Å². The van der Waals surface area contributed by atoms with Gasteiger partial charge < -0.3 is 0 Å². The summed E-state index contributed by atoms with van der Waals surface area (Å²) in [5, 5.41) is 0. The summed E-state index contributed by atoms with van der Waals surface area (Å²) < 4.78 is 0. The molecule has 0 saturated heterocycles. The van der Waals surface area contributed by atoms with Gasteiger partial charge in [0, 0.05) is 5.75 Å². The monoisotopic (exact) mass is 268 g/mol. The lowest BCUT2D eigenvalue weighted by Crippen LogP contribution is -2.24. The van der Waals surface area contributed by atoms with Gasteiger partial charge in [0.25, 0.3) is 0 Å². The van der Waals surface area contributed by atoms with Crippen molar-refractivity contribution >= 4 is 24.4 Å². The number of thiol groups is 1. The van der Waals surface area contributed by atoms with E-state index in [4.69, 9.17) is 0 Å². The van der Waals surface area contributed by atoms with Crippen LogP contribution in [0.3, 0.4) is 0 Å². The molecule has 1 unspecified atom stereocenters. The molecule has 0 spiro atoms. The van der Waals surface area contributed by atoms with E-state index < -0.39 is 0 Å². The van der Waals surface area contributed by atoms with Gasteiger partial charge in [0.05, 0.1) is 0 Å². The molecule has 1 aromatic carbocycles. The first-order valence-corrected chi connectivity index (χ1v) is 7.97. The summed E-state index contributed by atoms with van der Waals surface area (Å²) in [6, 6.07) is 8.66. The van der Waals surface area contributed by atoms with Crippen molar-refractivity contribution in [3.8, 4) is 0 Å². The molecule has 1 aromatic rings. The summed E-state index contributed by atoms with van der Waals surface area (Å²) >= 11 is 6.51. The van der Waals surface area contributed by atoms with Gasteiger partial charge >= 0.3 is 0 Å². The fourth-order valence-corrected chi connectivity index (χ4v) is 4.08. The van der Waals surface area contributed by atoms with Crippen molar-refractivity contribution in [2.45, 2.75) is 33.4 Å². The number of aryl methyl sites for hydroxylation is 1. The zero-order valence-corrected chi connectivity index (χ0v) is 13.1. The first-order chi connectivity index (χ1) is 7.95. The van der Waals surface area contributed by atoms with Crippen LogP contribution in [0, 0.1) is 18.3 Å². The number of thioether (sulfide) groups is 1. The van der Waals surface area contributed by atoms with Gasteiger partial charge in [-0.2, -0.15) is 24.4 Å². The Morgan fingerprint density at radius 1 is 1.24 bits per heavy atom. The highest BCUT2D eigenvalue weighted by Crippen LogP contribution is 2.31. The summed E-state index contributed by atoms with van der Waals surface area (Å²) in [7, 11) is 0. The van der Waals surface area contributed by atoms with Crippen molar-refractivity contribution in [3.63, 3.8) is 0 Å². The molecule has 96 valence electrons. The van der Waals surface area contributed by atoms with E-state index in [0.29, 0.717) is 11.3 Å². The molecule has 0 amide bonds. The molecule has 1 atom stereocenters. The third kappa shape index (κ3) is 4.97. The average Bonchev–Trinajstić information content (AvgIpc) is 2.25. The van der Waals surface area contributed by atoms with Crippen molar-refractivity contribution in [2.75, 3.05) is 11.5 Å². The normalized spacial score (nSPS) is 13.7. The highest BCUT2D eigenvalue weighted by molar-refractivity contribution is 7.98. The topological polar surface area (TPSA) is 0 Å². The highest BCUT2D eigenvalue weighted by atomic mass is 32.2. The minimum Gasteiger partial charge on any atom is -0.179 e. The standard InChI is InChI=1S/C15H24S2/c1-12-7-5-6-8-13(12)10-17-11-14(9-16)15(2,3)4/h5-8,14,16H,9-11H2,1-4H3. The second kappa shape index (κ2) is 6.75. The molecule has 2 heteroatoms. The van der Waals surface area contributed by atoms with Crippen LogP contribution >= 0.6 is 24.4 Å². The molecule has 0 fully saturated rings. The second-order valence-electron chi connectivity index (χ2n) is 5.69. The molecule has 17 heavy (non-hydrogen) atoms. The Morgan fingerprint density at radius 2 is 1.88 bits per heavy atom. The molecule has 0 aromatic heterocycles. The fourth-order valence-electron chi connectivity index (χ4n) is 1.66. The highest BCUT2D eigenvalue weighted by Gasteiger charge is 2.22. The summed E-state index contributed by atoms with van der Waals surface area (Å²) in [5.74, 6) is 3.97. The lowest BCUT2D eigenvalue weighted by molar-refractivity contribution is 0.294. The van der Waals surface area contributed by atoms with Crippen LogP contribution in [0.1, 0.15) is 31.9 Å². The Hall–Kier alpha value is -0.0800. The zero-order valence-electron chi connectivity index (χ0n) is 11.4. The Balaban J connectivity index is 2.45. The summed E-state index contributed by atoms with van der Waals surface area (Å²) in [4.78, 5) is 0. The molecule has 0 bridgehead atoms. The molecular weight excluding hydrogens is 244 g/mol. The quantitative estimate of drug-likeness (QED) is 0.747. The van der Waals surface area contributed by atoms with Crippen LogP contribution in [0.5, 0.6) is 0 Å². The summed E-state index contributed by atoms with van der Waals surface area (Å²) in [5.41, 5.74) is 3.23. The van der Waals surface area contributed by atoms with Crippen LogP contribution < -0.4 is 0 Å². The number of hydrogen-bond donors (Lipinski definition) is 1. The van der Waals surface area contributed by atoms with Crippen molar-refractivity contribution in [3.05, 3.63) is 35.4 Å². The smallest absolute Gasteiger partial charge is 0.0187 e. The van der Waals surface area contributed by atoms with Gasteiger partial charge in [-0.05, 0) is 40.9 Å². The van der Waals surface area contributed by atoms with Crippen LogP contribution in [0.4, 0.5) is 0 Å². The maximum Gasteiger partial charge on any atom is 0.0187 e. The molecule has 0 aliphatic carbocycles. The van der Waals surface area contributed by atoms with E-state index >= 15 is 0 Å². The maximum absolute atomic E-state index is 4.48. The predicted molar refractivity (Wildman–Crippen MR) is 84.1 cm³/mol. The molecule has 0 radical (unpaired) electrons. The van der Waals surface area contributed by atoms with E-state index in [-0.39, 0.29) is 0 Å². The Labute approximate surface area is 116 Å². The first kappa shape index (κ1) is 15.0. The molecule has 0 nitrogen and oxygen atoms in total. The Kier molecular flexibility index (Phi) is 5.94. The van der Waals surface area contributed by atoms with Gasteiger partial charge in [-0.25, -0.2) is 0 Å².